The van der Waals surface area contributed by atoms with Crippen molar-refractivity contribution in [3.05, 3.63) is 71.8 Å². The molecule has 30 heavy (non-hydrogen) atoms. The van der Waals surface area contributed by atoms with Crippen LogP contribution in [-0.2, 0) is 0 Å². The quantitative estimate of drug-likeness (QED) is 0.218. The van der Waals surface area contributed by atoms with Crippen molar-refractivity contribution < 1.29 is 0 Å². The van der Waals surface area contributed by atoms with Gasteiger partial charge >= 0.3 is 0 Å². The molecule has 2 heterocycles. The highest BCUT2D eigenvalue weighted by molar-refractivity contribution is 7.36. The molecule has 0 radical (unpaired) electrons. The number of rotatable bonds is 0. The van der Waals surface area contributed by atoms with Gasteiger partial charge in [0.25, 0.3) is 0 Å². The van der Waals surface area contributed by atoms with Gasteiger partial charge in [-0.2, -0.15) is 0 Å². The summed E-state index contributed by atoms with van der Waals surface area (Å²) < 4.78 is 5.29. The topological polar surface area (TPSA) is 0 Å². The van der Waals surface area contributed by atoms with Gasteiger partial charge in [0.2, 0.25) is 0 Å². The van der Waals surface area contributed by atoms with Gasteiger partial charge in [0.15, 0.2) is 0 Å². The Morgan fingerprint density at radius 2 is 0.967 bits per heavy atom. The monoisotopic (exact) mass is 416 g/mol. The first kappa shape index (κ1) is 17.5. The van der Waals surface area contributed by atoms with E-state index in [0.29, 0.717) is 0 Å². The Morgan fingerprint density at radius 1 is 0.533 bits per heavy atom. The van der Waals surface area contributed by atoms with E-state index in [1.165, 1.54) is 51.1 Å². The van der Waals surface area contributed by atoms with Crippen molar-refractivity contribution in [2.45, 2.75) is 13.8 Å². The highest BCUT2D eigenvalue weighted by Crippen LogP contribution is 2.48. The predicted octanol–water partition coefficient (Wildman–Crippen LogP) is 8.32. The lowest BCUT2D eigenvalue weighted by Gasteiger charge is -2.04. The largest absolute Gasteiger partial charge is 0.132 e. The summed E-state index contributed by atoms with van der Waals surface area (Å²) in [6.07, 6.45) is 0. The third-order valence-corrected chi connectivity index (χ3v) is 8.25. The second kappa shape index (κ2) is 6.61. The number of fused-ring (bicyclic) bond motifs is 7. The molecule has 0 N–H and O–H groups in total. The maximum atomic E-state index is 3.40. The van der Waals surface area contributed by atoms with Crippen molar-refractivity contribution in [2.75, 3.05) is 0 Å². The Hall–Kier alpha value is -3.30. The summed E-state index contributed by atoms with van der Waals surface area (Å²) in [5.41, 5.74) is 2.31. The van der Waals surface area contributed by atoms with Crippen LogP contribution in [-0.4, -0.2) is 0 Å². The maximum absolute atomic E-state index is 3.40. The summed E-state index contributed by atoms with van der Waals surface area (Å²) in [6.45, 7) is 3.83. The van der Waals surface area contributed by atoms with E-state index in [4.69, 9.17) is 0 Å². The number of benzene rings is 4. The molecule has 0 amide bonds. The summed E-state index contributed by atoms with van der Waals surface area (Å²) >= 11 is 3.75. The van der Waals surface area contributed by atoms with Gasteiger partial charge in [-0.1, -0.05) is 60.4 Å². The molecule has 0 saturated heterocycles. The summed E-state index contributed by atoms with van der Waals surface area (Å²) in [4.78, 5) is 0. The van der Waals surface area contributed by atoms with Gasteiger partial charge < -0.3 is 0 Å². The van der Waals surface area contributed by atoms with Crippen molar-refractivity contribution in [1.29, 1.82) is 0 Å². The molecule has 0 fully saturated rings. The van der Waals surface area contributed by atoms with Crippen LogP contribution < -0.4 is 0 Å². The van der Waals surface area contributed by atoms with Gasteiger partial charge in [-0.25, -0.2) is 0 Å². The molecular weight excluding hydrogens is 400 g/mol. The molecule has 0 spiro atoms. The molecule has 0 aliphatic rings. The van der Waals surface area contributed by atoms with Gasteiger partial charge in [0.1, 0.15) is 0 Å². The minimum absolute atomic E-state index is 1.15. The molecule has 4 aromatic carbocycles. The van der Waals surface area contributed by atoms with E-state index in [9.17, 15) is 0 Å². The lowest BCUT2D eigenvalue weighted by atomic mass is 10.0. The van der Waals surface area contributed by atoms with Crippen molar-refractivity contribution in [2.24, 2.45) is 0 Å². The van der Waals surface area contributed by atoms with Crippen LogP contribution in [0.1, 0.15) is 25.0 Å². The van der Waals surface area contributed by atoms with E-state index in [0.717, 1.165) is 11.1 Å². The molecule has 2 aromatic heterocycles. The first-order valence-electron chi connectivity index (χ1n) is 9.88. The van der Waals surface area contributed by atoms with Gasteiger partial charge in [0.05, 0.1) is 29.9 Å². The van der Waals surface area contributed by atoms with Gasteiger partial charge in [-0.3, -0.25) is 0 Å². The van der Waals surface area contributed by atoms with Gasteiger partial charge in [0, 0.05) is 10.8 Å². The van der Waals surface area contributed by atoms with E-state index < -0.39 is 0 Å². The average Bonchev–Trinajstić information content (AvgIpc) is 3.30. The van der Waals surface area contributed by atoms with Crippen molar-refractivity contribution in [3.63, 3.8) is 0 Å². The molecule has 0 nitrogen and oxygen atoms in total. The molecule has 2 heteroatoms. The average molecular weight is 417 g/mol. The van der Waals surface area contributed by atoms with Crippen molar-refractivity contribution >= 4 is 73.8 Å². The van der Waals surface area contributed by atoms with Crippen molar-refractivity contribution in [3.8, 4) is 23.7 Å². The molecule has 0 unspecified atom stereocenters. The van der Waals surface area contributed by atoms with E-state index in [-0.39, 0.29) is 0 Å². The summed E-state index contributed by atoms with van der Waals surface area (Å²) in [7, 11) is 0. The van der Waals surface area contributed by atoms with Crippen LogP contribution in [0, 0.1) is 23.7 Å². The zero-order valence-corrected chi connectivity index (χ0v) is 18.2. The summed E-state index contributed by atoms with van der Waals surface area (Å²) in [5.74, 6) is 13.1. The molecular formula is C28H16S2. The zero-order chi connectivity index (χ0) is 20.2. The van der Waals surface area contributed by atoms with E-state index in [2.05, 4.69) is 84.3 Å². The molecule has 6 aromatic rings. The Labute approximate surface area is 182 Å². The fraction of sp³-hybridized carbons (Fsp3) is 0.0714. The first-order valence-corrected chi connectivity index (χ1v) is 11.5. The summed E-state index contributed by atoms with van der Waals surface area (Å²) in [5, 5.41) is 7.60. The molecule has 0 atom stereocenters. The SMILES string of the molecule is CC#Cc1c2ccccc2cc2c1sc1c3cc4ccccc4c(C#CC)c3sc21. The Bertz CT molecular complexity index is 1640. The molecule has 0 aliphatic carbocycles. The molecule has 0 bridgehead atoms. The van der Waals surface area contributed by atoms with Crippen LogP contribution >= 0.6 is 22.7 Å². The van der Waals surface area contributed by atoms with Crippen LogP contribution in [0.2, 0.25) is 0 Å². The Morgan fingerprint density at radius 3 is 1.40 bits per heavy atom. The lowest BCUT2D eigenvalue weighted by Crippen LogP contribution is -1.81. The highest BCUT2D eigenvalue weighted by atomic mass is 32.1. The fourth-order valence-corrected chi connectivity index (χ4v) is 7.16. The summed E-state index contributed by atoms with van der Waals surface area (Å²) in [6, 6.07) is 21.8. The third kappa shape index (κ3) is 2.36. The second-order valence-electron chi connectivity index (χ2n) is 7.31. The molecule has 6 rings (SSSR count). The van der Waals surface area contributed by atoms with Gasteiger partial charge in [-0.15, -0.1) is 34.5 Å². The molecule has 140 valence electrons. The lowest BCUT2D eigenvalue weighted by molar-refractivity contribution is 1.78. The minimum Gasteiger partial charge on any atom is -0.132 e. The smallest absolute Gasteiger partial charge is 0.0543 e. The van der Waals surface area contributed by atoms with E-state index >= 15 is 0 Å². The Kier molecular flexibility index (Phi) is 3.87. The van der Waals surface area contributed by atoms with E-state index in [1.54, 1.807) is 0 Å². The number of thiophene rings is 2. The highest BCUT2D eigenvalue weighted by Gasteiger charge is 2.18. The van der Waals surface area contributed by atoms with Crippen LogP contribution in [0.3, 0.4) is 0 Å². The normalized spacial score (nSPS) is 11.1. The Balaban J connectivity index is 1.86. The standard InChI is InChI=1S/C28H16S2/c1-3-9-21-19-13-7-5-11-17(19)15-23-25(21)29-28-24-16-18-12-6-8-14-20(18)22(10-4-2)26(24)30-27(23)28/h5-8,11-16H,1-2H3. The molecule has 0 aliphatic heterocycles. The van der Waals surface area contributed by atoms with Gasteiger partial charge in [-0.05, 0) is 47.5 Å². The number of hydrogen-bond donors (Lipinski definition) is 0. The number of hydrogen-bond acceptors (Lipinski definition) is 2. The third-order valence-electron chi connectivity index (χ3n) is 5.61. The first-order chi connectivity index (χ1) is 14.8. The second-order valence-corrected chi connectivity index (χ2v) is 9.35. The van der Waals surface area contributed by atoms with Crippen LogP contribution in [0.5, 0.6) is 0 Å². The zero-order valence-electron chi connectivity index (χ0n) is 16.6. The maximum Gasteiger partial charge on any atom is 0.0543 e. The van der Waals surface area contributed by atoms with Crippen molar-refractivity contribution in [1.82, 2.24) is 0 Å². The van der Waals surface area contributed by atoms with Crippen LogP contribution in [0.4, 0.5) is 0 Å². The van der Waals surface area contributed by atoms with Crippen LogP contribution in [0.25, 0.3) is 51.1 Å². The van der Waals surface area contributed by atoms with E-state index in [1.807, 2.05) is 36.5 Å². The van der Waals surface area contributed by atoms with Crippen LogP contribution in [0.15, 0.2) is 60.7 Å². The minimum atomic E-state index is 1.15. The molecule has 0 saturated carbocycles. The predicted molar refractivity (Wildman–Crippen MR) is 135 cm³/mol. The fourth-order valence-electron chi connectivity index (χ4n) is 4.36.